The zero-order valence-electron chi connectivity index (χ0n) is 8.31. The summed E-state index contributed by atoms with van der Waals surface area (Å²) in [4.78, 5) is 2.35. The van der Waals surface area contributed by atoms with Gasteiger partial charge >= 0.3 is 0 Å². The third kappa shape index (κ3) is 1.98. The van der Waals surface area contributed by atoms with E-state index in [2.05, 4.69) is 45.7 Å². The highest BCUT2D eigenvalue weighted by Gasteiger charge is 2.24. The molecule has 0 saturated carbocycles. The van der Waals surface area contributed by atoms with Crippen LogP contribution in [0.25, 0.3) is 0 Å². The highest BCUT2D eigenvalue weighted by Crippen LogP contribution is 2.31. The zero-order valence-corrected chi connectivity index (χ0v) is 8.31. The number of nitrogens with zero attached hydrogens (tertiary/aromatic N) is 1. The summed E-state index contributed by atoms with van der Waals surface area (Å²) in [6, 6.07) is 0.660. The van der Waals surface area contributed by atoms with Crippen molar-refractivity contribution in [2.75, 3.05) is 7.05 Å². The van der Waals surface area contributed by atoms with Crippen molar-refractivity contribution in [3.8, 4) is 0 Å². The first-order chi connectivity index (χ1) is 4.90. The molecule has 0 radical (unpaired) electrons. The van der Waals surface area contributed by atoms with Crippen molar-refractivity contribution in [3.63, 3.8) is 0 Å². The Kier molecular flexibility index (Phi) is 2.00. The van der Waals surface area contributed by atoms with Crippen LogP contribution in [-0.4, -0.2) is 18.0 Å². The van der Waals surface area contributed by atoms with Gasteiger partial charge in [0.2, 0.25) is 0 Å². The summed E-state index contributed by atoms with van der Waals surface area (Å²) in [5.41, 5.74) is 1.94. The van der Waals surface area contributed by atoms with Gasteiger partial charge in [-0.25, -0.2) is 0 Å². The summed E-state index contributed by atoms with van der Waals surface area (Å²) in [7, 11) is 2.17. The largest absolute Gasteiger partial charge is 0.372 e. The Balaban J connectivity index is 2.48. The molecule has 1 nitrogen and oxygen atoms in total. The van der Waals surface area contributed by atoms with Crippen molar-refractivity contribution in [1.82, 2.24) is 4.90 Å². The summed E-state index contributed by atoms with van der Waals surface area (Å²) in [6.45, 7) is 9.08. The SMILES string of the molecule is CC1C=C(CC(C)(C)C)N1C. The van der Waals surface area contributed by atoms with Gasteiger partial charge in [0.1, 0.15) is 0 Å². The molecule has 0 bridgehead atoms. The molecule has 0 aliphatic carbocycles. The molecule has 11 heavy (non-hydrogen) atoms. The highest BCUT2D eigenvalue weighted by atomic mass is 15.2. The van der Waals surface area contributed by atoms with Crippen molar-refractivity contribution in [2.45, 2.75) is 40.2 Å². The first kappa shape index (κ1) is 8.63. The van der Waals surface area contributed by atoms with Crippen molar-refractivity contribution in [2.24, 2.45) is 5.41 Å². The maximum absolute atomic E-state index is 2.35. The molecule has 0 spiro atoms. The quantitative estimate of drug-likeness (QED) is 0.560. The lowest BCUT2D eigenvalue weighted by atomic mass is 9.87. The minimum Gasteiger partial charge on any atom is -0.372 e. The Bertz CT molecular complexity index is 174. The van der Waals surface area contributed by atoms with E-state index >= 15 is 0 Å². The summed E-state index contributed by atoms with van der Waals surface area (Å²) in [5.74, 6) is 0. The molecule has 0 N–H and O–H groups in total. The normalized spacial score (nSPS) is 24.6. The first-order valence-corrected chi connectivity index (χ1v) is 4.34. The Morgan fingerprint density at radius 3 is 2.27 bits per heavy atom. The second kappa shape index (κ2) is 2.54. The minimum absolute atomic E-state index is 0.431. The second-order valence-electron chi connectivity index (χ2n) is 4.75. The predicted molar refractivity (Wildman–Crippen MR) is 49.4 cm³/mol. The maximum Gasteiger partial charge on any atom is 0.0458 e. The molecule has 0 aromatic rings. The molecule has 1 heterocycles. The van der Waals surface area contributed by atoms with Crippen molar-refractivity contribution < 1.29 is 0 Å². The number of hydrogen-bond donors (Lipinski definition) is 0. The van der Waals surface area contributed by atoms with Crippen LogP contribution in [-0.2, 0) is 0 Å². The smallest absolute Gasteiger partial charge is 0.0458 e. The molecular weight excluding hydrogens is 134 g/mol. The fourth-order valence-corrected chi connectivity index (χ4v) is 1.41. The van der Waals surface area contributed by atoms with E-state index in [1.165, 1.54) is 12.1 Å². The van der Waals surface area contributed by atoms with Crippen LogP contribution >= 0.6 is 0 Å². The van der Waals surface area contributed by atoms with E-state index in [0.29, 0.717) is 11.5 Å². The van der Waals surface area contributed by atoms with E-state index in [1.54, 1.807) is 0 Å². The number of rotatable bonds is 1. The maximum atomic E-state index is 2.35. The van der Waals surface area contributed by atoms with Gasteiger partial charge in [0.05, 0.1) is 0 Å². The van der Waals surface area contributed by atoms with E-state index < -0.39 is 0 Å². The van der Waals surface area contributed by atoms with Crippen LogP contribution in [0.3, 0.4) is 0 Å². The van der Waals surface area contributed by atoms with Gasteiger partial charge < -0.3 is 4.90 Å². The fourth-order valence-electron chi connectivity index (χ4n) is 1.41. The van der Waals surface area contributed by atoms with E-state index in [-0.39, 0.29) is 0 Å². The molecule has 64 valence electrons. The van der Waals surface area contributed by atoms with Crippen molar-refractivity contribution in [1.29, 1.82) is 0 Å². The second-order valence-corrected chi connectivity index (χ2v) is 4.75. The first-order valence-electron chi connectivity index (χ1n) is 4.34. The topological polar surface area (TPSA) is 3.24 Å². The molecule has 1 heteroatoms. The van der Waals surface area contributed by atoms with Gasteiger partial charge in [0.25, 0.3) is 0 Å². The Hall–Kier alpha value is -0.460. The molecular formula is C10H19N. The van der Waals surface area contributed by atoms with Crippen LogP contribution in [0.15, 0.2) is 11.8 Å². The molecule has 0 saturated heterocycles. The Morgan fingerprint density at radius 2 is 2.00 bits per heavy atom. The van der Waals surface area contributed by atoms with E-state index in [4.69, 9.17) is 0 Å². The molecule has 0 aromatic heterocycles. The average molecular weight is 153 g/mol. The highest BCUT2D eigenvalue weighted by molar-refractivity contribution is 5.18. The summed E-state index contributed by atoms with van der Waals surface area (Å²) in [5, 5.41) is 0. The van der Waals surface area contributed by atoms with Crippen LogP contribution in [0.4, 0.5) is 0 Å². The molecule has 1 aliphatic heterocycles. The third-order valence-electron chi connectivity index (χ3n) is 2.21. The fraction of sp³-hybridized carbons (Fsp3) is 0.800. The van der Waals surface area contributed by atoms with Gasteiger partial charge in [-0.2, -0.15) is 0 Å². The zero-order chi connectivity index (χ0) is 8.65. The van der Waals surface area contributed by atoms with Crippen LogP contribution in [0.1, 0.15) is 34.1 Å². The number of likely N-dealkylation sites (N-methyl/N-ethyl adjacent to an activating group) is 1. The lowest BCUT2D eigenvalue weighted by molar-refractivity contribution is 0.260. The van der Waals surface area contributed by atoms with Gasteiger partial charge in [-0.05, 0) is 24.8 Å². The van der Waals surface area contributed by atoms with Crippen molar-refractivity contribution >= 4 is 0 Å². The Morgan fingerprint density at radius 1 is 1.45 bits per heavy atom. The molecule has 1 aliphatic rings. The van der Waals surface area contributed by atoms with Crippen LogP contribution < -0.4 is 0 Å². The van der Waals surface area contributed by atoms with Gasteiger partial charge in [0, 0.05) is 18.8 Å². The summed E-state index contributed by atoms with van der Waals surface area (Å²) in [6.07, 6.45) is 3.55. The number of hydrogen-bond acceptors (Lipinski definition) is 1. The average Bonchev–Trinajstić information content (AvgIpc) is 1.84. The minimum atomic E-state index is 0.431. The van der Waals surface area contributed by atoms with Crippen LogP contribution in [0, 0.1) is 5.41 Å². The standard InChI is InChI=1S/C10H19N/c1-8-6-9(11(8)5)7-10(2,3)4/h6,8H,7H2,1-5H3. The lowest BCUT2D eigenvalue weighted by Crippen LogP contribution is -2.37. The van der Waals surface area contributed by atoms with Gasteiger partial charge in [-0.1, -0.05) is 20.8 Å². The van der Waals surface area contributed by atoms with Gasteiger partial charge in [-0.3, -0.25) is 0 Å². The molecule has 1 atom stereocenters. The molecule has 1 rings (SSSR count). The molecule has 1 unspecified atom stereocenters. The predicted octanol–water partition coefficient (Wildman–Crippen LogP) is 2.64. The summed E-state index contributed by atoms with van der Waals surface area (Å²) >= 11 is 0. The van der Waals surface area contributed by atoms with Gasteiger partial charge in [-0.15, -0.1) is 0 Å². The number of allylic oxidation sites excluding steroid dienone is 1. The van der Waals surface area contributed by atoms with Crippen LogP contribution in [0.2, 0.25) is 0 Å². The molecule has 0 amide bonds. The van der Waals surface area contributed by atoms with E-state index in [9.17, 15) is 0 Å². The van der Waals surface area contributed by atoms with Gasteiger partial charge in [0.15, 0.2) is 0 Å². The third-order valence-corrected chi connectivity index (χ3v) is 2.21. The van der Waals surface area contributed by atoms with Crippen LogP contribution in [0.5, 0.6) is 0 Å². The van der Waals surface area contributed by atoms with E-state index in [1.807, 2.05) is 0 Å². The molecule has 0 aromatic carbocycles. The summed E-state index contributed by atoms with van der Waals surface area (Å²) < 4.78 is 0. The monoisotopic (exact) mass is 153 g/mol. The Labute approximate surface area is 70.1 Å². The van der Waals surface area contributed by atoms with E-state index in [0.717, 1.165) is 0 Å². The molecule has 0 fully saturated rings. The van der Waals surface area contributed by atoms with Crippen molar-refractivity contribution in [3.05, 3.63) is 11.8 Å². The lowest BCUT2D eigenvalue weighted by Gasteiger charge is -2.39.